The van der Waals surface area contributed by atoms with Gasteiger partial charge in [0.15, 0.2) is 5.84 Å². The molecule has 0 amide bonds. The largest absolute Gasteiger partial charge is 0.409 e. The van der Waals surface area contributed by atoms with Crippen LogP contribution in [0, 0.1) is 0 Å². The van der Waals surface area contributed by atoms with Gasteiger partial charge >= 0.3 is 0 Å². The molecule has 1 rings (SSSR count). The number of rotatable bonds is 9. The van der Waals surface area contributed by atoms with Crippen molar-refractivity contribution in [2.45, 2.75) is 39.3 Å². The van der Waals surface area contributed by atoms with Gasteiger partial charge in [-0.15, -0.1) is 0 Å². The van der Waals surface area contributed by atoms with Gasteiger partial charge in [0, 0.05) is 12.6 Å². The van der Waals surface area contributed by atoms with E-state index in [0.717, 1.165) is 26.1 Å². The van der Waals surface area contributed by atoms with Gasteiger partial charge in [-0.3, -0.25) is 4.90 Å². The highest BCUT2D eigenvalue weighted by atomic mass is 16.4. The molecule has 5 heteroatoms. The molecule has 0 aliphatic heterocycles. The zero-order valence-corrected chi connectivity index (χ0v) is 13.3. The van der Waals surface area contributed by atoms with E-state index in [1.165, 1.54) is 5.56 Å². The number of nitrogens with zero attached hydrogens (tertiary/aromatic N) is 2. The summed E-state index contributed by atoms with van der Waals surface area (Å²) in [7, 11) is 0. The Labute approximate surface area is 127 Å². The van der Waals surface area contributed by atoms with E-state index in [1.54, 1.807) is 0 Å². The molecule has 5 nitrogen and oxygen atoms in total. The third-order valence-electron chi connectivity index (χ3n) is 3.88. The first-order valence-corrected chi connectivity index (χ1v) is 7.67. The van der Waals surface area contributed by atoms with E-state index in [0.29, 0.717) is 0 Å². The smallest absolute Gasteiger partial charge is 0.156 e. The normalized spacial score (nSPS) is 15.1. The van der Waals surface area contributed by atoms with Gasteiger partial charge in [-0.05, 0) is 25.1 Å². The van der Waals surface area contributed by atoms with E-state index >= 15 is 0 Å². The van der Waals surface area contributed by atoms with Crippen molar-refractivity contribution >= 4 is 5.84 Å². The van der Waals surface area contributed by atoms with Gasteiger partial charge in [0.25, 0.3) is 0 Å². The van der Waals surface area contributed by atoms with Gasteiger partial charge < -0.3 is 16.3 Å². The summed E-state index contributed by atoms with van der Waals surface area (Å²) in [5.74, 6) is 0.240. The van der Waals surface area contributed by atoms with Crippen molar-refractivity contribution in [3.63, 3.8) is 0 Å². The summed E-state index contributed by atoms with van der Waals surface area (Å²) >= 11 is 0. The fraction of sp³-hybridized carbons (Fsp3) is 0.562. The molecule has 21 heavy (non-hydrogen) atoms. The second-order valence-corrected chi connectivity index (χ2v) is 5.04. The number of hydrogen-bond acceptors (Lipinski definition) is 4. The van der Waals surface area contributed by atoms with Crippen molar-refractivity contribution in [2.75, 3.05) is 19.6 Å². The van der Waals surface area contributed by atoms with Crippen molar-refractivity contribution in [3.8, 4) is 0 Å². The molecule has 0 aliphatic carbocycles. The maximum atomic E-state index is 8.83. The number of nitrogens with one attached hydrogen (secondary N) is 1. The van der Waals surface area contributed by atoms with Crippen LogP contribution in [0.25, 0.3) is 0 Å². The van der Waals surface area contributed by atoms with Crippen molar-refractivity contribution in [3.05, 3.63) is 35.9 Å². The van der Waals surface area contributed by atoms with E-state index in [2.05, 4.69) is 53.5 Å². The monoisotopic (exact) mass is 292 g/mol. The van der Waals surface area contributed by atoms with Crippen LogP contribution in [0.3, 0.4) is 0 Å². The molecule has 2 unspecified atom stereocenters. The Kier molecular flexibility index (Phi) is 7.79. The second kappa shape index (κ2) is 9.37. The molecule has 0 saturated carbocycles. The van der Waals surface area contributed by atoms with Crippen LogP contribution in [0.15, 0.2) is 35.5 Å². The highest BCUT2D eigenvalue weighted by Crippen LogP contribution is 2.19. The molecule has 118 valence electrons. The molecule has 0 spiro atoms. The number of hydrogen-bond donors (Lipinski definition) is 3. The van der Waals surface area contributed by atoms with Gasteiger partial charge in [0.2, 0.25) is 0 Å². The predicted molar refractivity (Wildman–Crippen MR) is 87.6 cm³/mol. The average Bonchev–Trinajstić information content (AvgIpc) is 2.55. The first-order valence-electron chi connectivity index (χ1n) is 7.67. The molecule has 1 aromatic carbocycles. The van der Waals surface area contributed by atoms with Crippen LogP contribution >= 0.6 is 0 Å². The molecule has 0 radical (unpaired) electrons. The minimum absolute atomic E-state index is 0.100. The van der Waals surface area contributed by atoms with Crippen molar-refractivity contribution in [2.24, 2.45) is 10.9 Å². The number of nitrogens with two attached hydrogens (primary N) is 1. The molecule has 0 fully saturated rings. The molecule has 2 atom stereocenters. The van der Waals surface area contributed by atoms with E-state index in [4.69, 9.17) is 10.9 Å². The molecule has 0 aliphatic rings. The summed E-state index contributed by atoms with van der Waals surface area (Å²) in [6, 6.07) is 10.6. The zero-order valence-electron chi connectivity index (χ0n) is 13.3. The van der Waals surface area contributed by atoms with Crippen molar-refractivity contribution in [1.82, 2.24) is 10.2 Å². The summed E-state index contributed by atoms with van der Waals surface area (Å²) in [5.41, 5.74) is 7.00. The molecule has 0 saturated heterocycles. The first-order chi connectivity index (χ1) is 10.2. The zero-order chi connectivity index (χ0) is 15.7. The third-order valence-corrected chi connectivity index (χ3v) is 3.88. The molecule has 4 N–H and O–H groups in total. The lowest BCUT2D eigenvalue weighted by Gasteiger charge is -2.31. The van der Waals surface area contributed by atoms with Gasteiger partial charge in [-0.25, -0.2) is 0 Å². The summed E-state index contributed by atoms with van der Waals surface area (Å²) in [6.07, 6.45) is 0.787. The van der Waals surface area contributed by atoms with Gasteiger partial charge in [-0.2, -0.15) is 0 Å². The van der Waals surface area contributed by atoms with Gasteiger partial charge in [0.1, 0.15) is 0 Å². The lowest BCUT2D eigenvalue weighted by Crippen LogP contribution is -2.45. The standard InChI is InChI=1S/C16H28N4O/c1-4-14(16(17)19-21)18-12-15(20(5-2)6-3)13-10-8-7-9-11-13/h7-11,14-15,18,21H,4-6,12H2,1-3H3,(H2,17,19). The minimum atomic E-state index is -0.100. The van der Waals surface area contributed by atoms with Gasteiger partial charge in [0.05, 0.1) is 6.04 Å². The Balaban J connectivity index is 2.83. The lowest BCUT2D eigenvalue weighted by atomic mass is 10.0. The Hall–Kier alpha value is -1.59. The van der Waals surface area contributed by atoms with E-state index in [1.807, 2.05) is 13.0 Å². The van der Waals surface area contributed by atoms with Crippen LogP contribution in [-0.4, -0.2) is 41.6 Å². The number of oxime groups is 1. The van der Waals surface area contributed by atoms with Crippen LogP contribution < -0.4 is 11.1 Å². The molecular weight excluding hydrogens is 264 g/mol. The third kappa shape index (κ3) is 5.02. The van der Waals surface area contributed by atoms with Crippen LogP contribution in [0.2, 0.25) is 0 Å². The Morgan fingerprint density at radius 1 is 1.24 bits per heavy atom. The highest BCUT2D eigenvalue weighted by Gasteiger charge is 2.20. The topological polar surface area (TPSA) is 73.9 Å². The lowest BCUT2D eigenvalue weighted by molar-refractivity contribution is 0.211. The van der Waals surface area contributed by atoms with Crippen LogP contribution in [0.1, 0.15) is 38.8 Å². The fourth-order valence-electron chi connectivity index (χ4n) is 2.58. The average molecular weight is 292 g/mol. The molecule has 0 heterocycles. The number of amidine groups is 1. The Morgan fingerprint density at radius 2 is 1.86 bits per heavy atom. The Morgan fingerprint density at radius 3 is 2.33 bits per heavy atom. The van der Waals surface area contributed by atoms with E-state index in [-0.39, 0.29) is 17.9 Å². The predicted octanol–water partition coefficient (Wildman–Crippen LogP) is 2.18. The quantitative estimate of drug-likeness (QED) is 0.282. The van der Waals surface area contributed by atoms with Gasteiger partial charge in [-0.1, -0.05) is 56.3 Å². The van der Waals surface area contributed by atoms with E-state index in [9.17, 15) is 0 Å². The van der Waals surface area contributed by atoms with Crippen LogP contribution in [0.5, 0.6) is 0 Å². The maximum Gasteiger partial charge on any atom is 0.156 e. The summed E-state index contributed by atoms with van der Waals surface area (Å²) in [5, 5.41) is 15.4. The summed E-state index contributed by atoms with van der Waals surface area (Å²) < 4.78 is 0. The van der Waals surface area contributed by atoms with Crippen LogP contribution in [0.4, 0.5) is 0 Å². The summed E-state index contributed by atoms with van der Waals surface area (Å²) in [6.45, 7) is 9.09. The first kappa shape index (κ1) is 17.5. The van der Waals surface area contributed by atoms with Crippen molar-refractivity contribution < 1.29 is 5.21 Å². The second-order valence-electron chi connectivity index (χ2n) is 5.04. The molecule has 0 bridgehead atoms. The molecular formula is C16H28N4O. The van der Waals surface area contributed by atoms with Crippen molar-refractivity contribution in [1.29, 1.82) is 0 Å². The SMILES string of the molecule is CCC(NCC(c1ccccc1)N(CC)CC)C(N)=NO. The molecule has 1 aromatic rings. The highest BCUT2D eigenvalue weighted by molar-refractivity contribution is 5.85. The van der Waals surface area contributed by atoms with E-state index < -0.39 is 0 Å². The molecule has 0 aromatic heterocycles. The minimum Gasteiger partial charge on any atom is -0.409 e. The Bertz CT molecular complexity index is 418. The number of likely N-dealkylation sites (N-methyl/N-ethyl adjacent to an activating group) is 1. The van der Waals surface area contributed by atoms with Crippen LogP contribution in [-0.2, 0) is 0 Å². The maximum absolute atomic E-state index is 8.83. The number of benzene rings is 1. The fourth-order valence-corrected chi connectivity index (χ4v) is 2.58. The summed E-state index contributed by atoms with van der Waals surface area (Å²) in [4.78, 5) is 2.40.